The van der Waals surface area contributed by atoms with Crippen molar-refractivity contribution in [1.29, 1.82) is 0 Å². The van der Waals surface area contributed by atoms with Gasteiger partial charge in [0.2, 0.25) is 5.91 Å². The topological polar surface area (TPSA) is 86.6 Å². The number of carbonyl (C=O) groups is 2. The van der Waals surface area contributed by atoms with Gasteiger partial charge < -0.3 is 15.5 Å². The number of amides is 1. The number of hydrogen-bond donors (Lipinski definition) is 3. The predicted molar refractivity (Wildman–Crippen MR) is 71.6 cm³/mol. The minimum absolute atomic E-state index is 0.119. The molecular weight excluding hydrogens is 246 g/mol. The summed E-state index contributed by atoms with van der Waals surface area (Å²) in [5, 5.41) is 20.1. The maximum absolute atomic E-state index is 11.9. The first kappa shape index (κ1) is 16.0. The second kappa shape index (κ2) is 6.37. The Balaban J connectivity index is 2.47. The number of rotatable bonds is 4. The standard InChI is InChI=1S/C14H25NO4/c1-14(2,3)10-6-4-9(5-7-10)12(17)15-11(8-16)13(18)19/h9-11,16H,4-8H2,1-3H3,(H,15,17)(H,18,19)/t9?,10?,11-/m1/s1. The van der Waals surface area contributed by atoms with Crippen LogP contribution in [0.3, 0.4) is 0 Å². The molecule has 0 aromatic heterocycles. The van der Waals surface area contributed by atoms with Crippen molar-refractivity contribution in [3.05, 3.63) is 0 Å². The highest BCUT2D eigenvalue weighted by Gasteiger charge is 2.33. The van der Waals surface area contributed by atoms with Gasteiger partial charge >= 0.3 is 5.97 Å². The summed E-state index contributed by atoms with van der Waals surface area (Å²) in [5.74, 6) is -0.940. The van der Waals surface area contributed by atoms with Crippen molar-refractivity contribution in [2.45, 2.75) is 52.5 Å². The summed E-state index contributed by atoms with van der Waals surface area (Å²) < 4.78 is 0. The van der Waals surface area contributed by atoms with Crippen LogP contribution in [0.15, 0.2) is 0 Å². The van der Waals surface area contributed by atoms with Crippen LogP contribution in [0.1, 0.15) is 46.5 Å². The third-order valence-corrected chi connectivity index (χ3v) is 4.12. The predicted octanol–water partition coefficient (Wildman–Crippen LogP) is 1.40. The molecule has 1 amide bonds. The van der Waals surface area contributed by atoms with Gasteiger partial charge in [-0.1, -0.05) is 20.8 Å². The highest BCUT2D eigenvalue weighted by atomic mass is 16.4. The van der Waals surface area contributed by atoms with E-state index in [1.165, 1.54) is 0 Å². The zero-order valence-electron chi connectivity index (χ0n) is 12.0. The van der Waals surface area contributed by atoms with Gasteiger partial charge in [0.15, 0.2) is 0 Å². The van der Waals surface area contributed by atoms with Crippen molar-refractivity contribution in [3.63, 3.8) is 0 Å². The van der Waals surface area contributed by atoms with Gasteiger partial charge in [-0.05, 0) is 37.0 Å². The number of carboxylic acid groups (broad SMARTS) is 1. The van der Waals surface area contributed by atoms with E-state index in [1.807, 2.05) is 0 Å². The Labute approximate surface area is 114 Å². The maximum Gasteiger partial charge on any atom is 0.328 e. The first-order valence-electron chi connectivity index (χ1n) is 6.89. The van der Waals surface area contributed by atoms with Gasteiger partial charge in [0.1, 0.15) is 6.04 Å². The summed E-state index contributed by atoms with van der Waals surface area (Å²) in [6, 6.07) is -1.19. The fourth-order valence-electron chi connectivity index (χ4n) is 2.70. The summed E-state index contributed by atoms with van der Waals surface area (Å²) >= 11 is 0. The molecule has 0 heterocycles. The van der Waals surface area contributed by atoms with E-state index >= 15 is 0 Å². The SMILES string of the molecule is CC(C)(C)C1CCC(C(=O)N[C@H](CO)C(=O)O)CC1. The molecular formula is C14H25NO4. The van der Waals surface area contributed by atoms with Crippen LogP contribution in [-0.2, 0) is 9.59 Å². The minimum Gasteiger partial charge on any atom is -0.480 e. The molecule has 0 aromatic carbocycles. The average molecular weight is 271 g/mol. The van der Waals surface area contributed by atoms with Crippen LogP contribution in [0.2, 0.25) is 0 Å². The molecule has 1 atom stereocenters. The molecule has 5 heteroatoms. The van der Waals surface area contributed by atoms with Crippen molar-refractivity contribution in [2.24, 2.45) is 17.3 Å². The number of carboxylic acids is 1. The number of aliphatic hydroxyl groups is 1. The van der Waals surface area contributed by atoms with Crippen LogP contribution >= 0.6 is 0 Å². The monoisotopic (exact) mass is 271 g/mol. The summed E-state index contributed by atoms with van der Waals surface area (Å²) in [6.07, 6.45) is 3.59. The second-order valence-corrected chi connectivity index (χ2v) is 6.50. The van der Waals surface area contributed by atoms with Crippen LogP contribution in [0.4, 0.5) is 0 Å². The lowest BCUT2D eigenvalue weighted by Gasteiger charge is -2.36. The van der Waals surface area contributed by atoms with Gasteiger partial charge in [-0.25, -0.2) is 4.79 Å². The third kappa shape index (κ3) is 4.49. The fraction of sp³-hybridized carbons (Fsp3) is 0.857. The highest BCUT2D eigenvalue weighted by molar-refractivity contribution is 5.85. The molecule has 0 aliphatic heterocycles. The molecule has 1 rings (SSSR count). The van der Waals surface area contributed by atoms with Crippen molar-refractivity contribution >= 4 is 11.9 Å². The number of nitrogens with one attached hydrogen (secondary N) is 1. The van der Waals surface area contributed by atoms with Crippen molar-refractivity contribution in [3.8, 4) is 0 Å². The Morgan fingerprint density at radius 2 is 1.74 bits per heavy atom. The zero-order chi connectivity index (χ0) is 14.6. The van der Waals surface area contributed by atoms with Gasteiger partial charge in [-0.15, -0.1) is 0 Å². The van der Waals surface area contributed by atoms with Gasteiger partial charge in [0.25, 0.3) is 0 Å². The largest absolute Gasteiger partial charge is 0.480 e. The van der Waals surface area contributed by atoms with E-state index in [2.05, 4.69) is 26.1 Å². The number of aliphatic hydroxyl groups excluding tert-OH is 1. The Bertz CT molecular complexity index is 327. The molecule has 0 radical (unpaired) electrons. The number of carbonyl (C=O) groups excluding carboxylic acids is 1. The van der Waals surface area contributed by atoms with Crippen LogP contribution < -0.4 is 5.32 Å². The third-order valence-electron chi connectivity index (χ3n) is 4.12. The Morgan fingerprint density at radius 3 is 2.11 bits per heavy atom. The first-order chi connectivity index (χ1) is 8.75. The lowest BCUT2D eigenvalue weighted by atomic mass is 9.69. The average Bonchev–Trinajstić information content (AvgIpc) is 2.34. The molecule has 0 saturated heterocycles. The molecule has 0 unspecified atom stereocenters. The van der Waals surface area contributed by atoms with E-state index in [0.29, 0.717) is 5.92 Å². The van der Waals surface area contributed by atoms with Gasteiger partial charge in [0, 0.05) is 5.92 Å². The smallest absolute Gasteiger partial charge is 0.328 e. The summed E-state index contributed by atoms with van der Waals surface area (Å²) in [6.45, 7) is 6.07. The number of aliphatic carboxylic acids is 1. The highest BCUT2D eigenvalue weighted by Crippen LogP contribution is 2.39. The van der Waals surface area contributed by atoms with Crippen LogP contribution in [0.5, 0.6) is 0 Å². The summed E-state index contributed by atoms with van der Waals surface area (Å²) in [7, 11) is 0. The van der Waals surface area contributed by atoms with Crippen LogP contribution in [0, 0.1) is 17.3 Å². The molecule has 1 aliphatic rings. The van der Waals surface area contributed by atoms with Crippen molar-refractivity contribution < 1.29 is 19.8 Å². The van der Waals surface area contributed by atoms with Crippen LogP contribution in [-0.4, -0.2) is 34.7 Å². The maximum atomic E-state index is 11.9. The normalized spacial score (nSPS) is 25.7. The van der Waals surface area contributed by atoms with Crippen molar-refractivity contribution in [2.75, 3.05) is 6.61 Å². The van der Waals surface area contributed by atoms with Gasteiger partial charge in [0.05, 0.1) is 6.61 Å². The molecule has 19 heavy (non-hydrogen) atoms. The molecule has 0 spiro atoms. The number of hydrogen-bond acceptors (Lipinski definition) is 3. The zero-order valence-corrected chi connectivity index (χ0v) is 12.0. The Hall–Kier alpha value is -1.10. The molecule has 0 aromatic rings. The van der Waals surface area contributed by atoms with E-state index in [1.54, 1.807) is 0 Å². The van der Waals surface area contributed by atoms with E-state index in [0.717, 1.165) is 25.7 Å². The molecule has 110 valence electrons. The molecule has 5 nitrogen and oxygen atoms in total. The molecule has 1 fully saturated rings. The lowest BCUT2D eigenvalue weighted by Crippen LogP contribution is -2.46. The van der Waals surface area contributed by atoms with E-state index in [-0.39, 0.29) is 17.2 Å². The van der Waals surface area contributed by atoms with E-state index < -0.39 is 18.6 Å². The van der Waals surface area contributed by atoms with E-state index in [9.17, 15) is 9.59 Å². The lowest BCUT2D eigenvalue weighted by molar-refractivity contribution is -0.143. The summed E-state index contributed by atoms with van der Waals surface area (Å²) in [5.41, 5.74) is 0.260. The quantitative estimate of drug-likeness (QED) is 0.721. The van der Waals surface area contributed by atoms with Crippen molar-refractivity contribution in [1.82, 2.24) is 5.32 Å². The molecule has 0 bridgehead atoms. The fourth-order valence-corrected chi connectivity index (χ4v) is 2.70. The minimum atomic E-state index is -1.20. The Morgan fingerprint density at radius 1 is 1.21 bits per heavy atom. The second-order valence-electron chi connectivity index (χ2n) is 6.50. The first-order valence-corrected chi connectivity index (χ1v) is 6.89. The van der Waals surface area contributed by atoms with Crippen LogP contribution in [0.25, 0.3) is 0 Å². The molecule has 1 saturated carbocycles. The molecule has 1 aliphatic carbocycles. The van der Waals surface area contributed by atoms with Gasteiger partial charge in [-0.3, -0.25) is 4.79 Å². The molecule has 3 N–H and O–H groups in total. The Kier molecular flexibility index (Phi) is 5.35. The van der Waals surface area contributed by atoms with Gasteiger partial charge in [-0.2, -0.15) is 0 Å². The summed E-state index contributed by atoms with van der Waals surface area (Å²) in [4.78, 5) is 22.7. The van der Waals surface area contributed by atoms with E-state index in [4.69, 9.17) is 10.2 Å².